The van der Waals surface area contributed by atoms with Gasteiger partial charge in [-0.3, -0.25) is 10.1 Å². The minimum Gasteiger partial charge on any atom is -0.457 e. The molecule has 4 rings (SSSR count). The highest BCUT2D eigenvalue weighted by Crippen LogP contribution is 2.31. The molecule has 0 saturated heterocycles. The Hall–Kier alpha value is -2.83. The Morgan fingerprint density at radius 1 is 1.04 bits per heavy atom. The summed E-state index contributed by atoms with van der Waals surface area (Å²) in [6.07, 6.45) is 2.04. The van der Waals surface area contributed by atoms with Crippen LogP contribution in [0.1, 0.15) is 10.4 Å². The van der Waals surface area contributed by atoms with Crippen molar-refractivity contribution in [2.45, 2.75) is 4.90 Å². The molecule has 0 spiro atoms. The van der Waals surface area contributed by atoms with Crippen LogP contribution in [0.15, 0.2) is 77.7 Å². The average molecular weight is 393 g/mol. The molecule has 4 aromatic rings. The molecule has 0 aliphatic heterocycles. The zero-order valence-electron chi connectivity index (χ0n) is 14.5. The fourth-order valence-electron chi connectivity index (χ4n) is 2.61. The lowest BCUT2D eigenvalue weighted by molar-refractivity contribution is 0.102. The predicted octanol–water partition coefficient (Wildman–Crippen LogP) is 6.06. The number of carbonyl (C=O) groups is 1. The monoisotopic (exact) mass is 392 g/mol. The van der Waals surface area contributed by atoms with Gasteiger partial charge in [-0.25, -0.2) is 4.98 Å². The number of thiazole rings is 1. The number of hydrogen-bond donors (Lipinski definition) is 1. The third-order valence-electron chi connectivity index (χ3n) is 3.92. The average Bonchev–Trinajstić information content (AvgIpc) is 3.10. The number of thioether (sulfide) groups is 1. The number of benzene rings is 3. The first-order valence-corrected chi connectivity index (χ1v) is 10.3. The summed E-state index contributed by atoms with van der Waals surface area (Å²) in [6.45, 7) is 0. The van der Waals surface area contributed by atoms with E-state index < -0.39 is 0 Å². The van der Waals surface area contributed by atoms with Crippen molar-refractivity contribution in [2.75, 3.05) is 11.6 Å². The summed E-state index contributed by atoms with van der Waals surface area (Å²) < 4.78 is 6.92. The van der Waals surface area contributed by atoms with Crippen molar-refractivity contribution < 1.29 is 9.53 Å². The third-order valence-corrected chi connectivity index (χ3v) is 5.58. The van der Waals surface area contributed by atoms with Crippen LogP contribution in [0.25, 0.3) is 10.2 Å². The van der Waals surface area contributed by atoms with E-state index in [4.69, 9.17) is 4.74 Å². The van der Waals surface area contributed by atoms with Crippen LogP contribution in [0.2, 0.25) is 0 Å². The van der Waals surface area contributed by atoms with Gasteiger partial charge in [0.05, 0.1) is 15.8 Å². The molecule has 134 valence electrons. The van der Waals surface area contributed by atoms with Crippen LogP contribution < -0.4 is 10.1 Å². The van der Waals surface area contributed by atoms with Gasteiger partial charge in [0.1, 0.15) is 11.5 Å². The van der Waals surface area contributed by atoms with Gasteiger partial charge in [0, 0.05) is 4.90 Å². The van der Waals surface area contributed by atoms with E-state index >= 15 is 0 Å². The number of rotatable bonds is 5. The summed E-state index contributed by atoms with van der Waals surface area (Å²) in [5.74, 6) is 0.944. The number of ether oxygens (including phenoxy) is 1. The smallest absolute Gasteiger partial charge is 0.261 e. The number of hydrogen-bond acceptors (Lipinski definition) is 5. The highest BCUT2D eigenvalue weighted by Gasteiger charge is 2.15. The fraction of sp³-hybridized carbons (Fsp3) is 0.0476. The zero-order chi connectivity index (χ0) is 18.6. The van der Waals surface area contributed by atoms with Crippen LogP contribution in [0.3, 0.4) is 0 Å². The molecule has 0 aliphatic rings. The van der Waals surface area contributed by atoms with Crippen molar-refractivity contribution in [1.82, 2.24) is 4.98 Å². The second-order valence-electron chi connectivity index (χ2n) is 5.72. The fourth-order valence-corrected chi connectivity index (χ4v) is 4.02. The van der Waals surface area contributed by atoms with Gasteiger partial charge in [0.2, 0.25) is 0 Å². The SMILES string of the molecule is CSc1ccc2nc(NC(=O)c3ccccc3Oc3ccccc3)sc2c1. The van der Waals surface area contributed by atoms with Gasteiger partial charge in [0.25, 0.3) is 5.91 Å². The summed E-state index contributed by atoms with van der Waals surface area (Å²) in [7, 11) is 0. The molecule has 3 aromatic carbocycles. The Labute approximate surface area is 165 Å². The van der Waals surface area contributed by atoms with Gasteiger partial charge in [0.15, 0.2) is 5.13 Å². The molecule has 0 bridgehead atoms. The number of fused-ring (bicyclic) bond motifs is 1. The molecule has 0 aliphatic carbocycles. The van der Waals surface area contributed by atoms with Gasteiger partial charge >= 0.3 is 0 Å². The summed E-state index contributed by atoms with van der Waals surface area (Å²) in [6, 6.07) is 22.7. The van der Waals surface area contributed by atoms with Gasteiger partial charge in [-0.05, 0) is 48.7 Å². The lowest BCUT2D eigenvalue weighted by atomic mass is 10.2. The number of nitrogens with one attached hydrogen (secondary N) is 1. The lowest BCUT2D eigenvalue weighted by Gasteiger charge is -2.10. The lowest BCUT2D eigenvalue weighted by Crippen LogP contribution is -2.12. The minimum atomic E-state index is -0.245. The maximum absolute atomic E-state index is 12.8. The molecule has 27 heavy (non-hydrogen) atoms. The van der Waals surface area contributed by atoms with E-state index in [1.54, 1.807) is 23.9 Å². The molecule has 0 saturated carbocycles. The van der Waals surface area contributed by atoms with Crippen LogP contribution in [0, 0.1) is 0 Å². The second-order valence-corrected chi connectivity index (χ2v) is 7.63. The number of anilines is 1. The van der Waals surface area contributed by atoms with Gasteiger partial charge < -0.3 is 4.74 Å². The van der Waals surface area contributed by atoms with E-state index in [1.165, 1.54) is 16.2 Å². The quantitative estimate of drug-likeness (QED) is 0.419. The maximum atomic E-state index is 12.8. The summed E-state index contributed by atoms with van der Waals surface area (Å²) >= 11 is 3.14. The topological polar surface area (TPSA) is 51.2 Å². The highest BCUT2D eigenvalue weighted by molar-refractivity contribution is 7.98. The Morgan fingerprint density at radius 3 is 2.63 bits per heavy atom. The van der Waals surface area contributed by atoms with Crippen molar-refractivity contribution in [3.05, 3.63) is 78.4 Å². The van der Waals surface area contributed by atoms with Crippen LogP contribution in [0.5, 0.6) is 11.5 Å². The molecule has 0 atom stereocenters. The van der Waals surface area contributed by atoms with Crippen LogP contribution in [-0.2, 0) is 0 Å². The third kappa shape index (κ3) is 3.97. The van der Waals surface area contributed by atoms with Gasteiger partial charge in [-0.15, -0.1) is 11.8 Å². The molecule has 6 heteroatoms. The largest absolute Gasteiger partial charge is 0.457 e. The number of amides is 1. The zero-order valence-corrected chi connectivity index (χ0v) is 16.1. The van der Waals surface area contributed by atoms with Gasteiger partial charge in [-0.1, -0.05) is 41.7 Å². The van der Waals surface area contributed by atoms with Crippen molar-refractivity contribution in [1.29, 1.82) is 0 Å². The van der Waals surface area contributed by atoms with Crippen molar-refractivity contribution >= 4 is 44.4 Å². The normalized spacial score (nSPS) is 10.7. The van der Waals surface area contributed by atoms with E-state index in [2.05, 4.69) is 16.4 Å². The number of carbonyl (C=O) groups excluding carboxylic acids is 1. The molecular formula is C21H16N2O2S2. The van der Waals surface area contributed by atoms with Crippen LogP contribution in [0.4, 0.5) is 5.13 Å². The predicted molar refractivity (Wildman–Crippen MR) is 112 cm³/mol. The van der Waals surface area contributed by atoms with Crippen molar-refractivity contribution in [3.63, 3.8) is 0 Å². The summed E-state index contributed by atoms with van der Waals surface area (Å²) in [4.78, 5) is 18.5. The molecule has 4 nitrogen and oxygen atoms in total. The molecule has 0 fully saturated rings. The van der Waals surface area contributed by atoms with Crippen LogP contribution in [-0.4, -0.2) is 17.1 Å². The van der Waals surface area contributed by atoms with E-state index in [0.717, 1.165) is 10.2 Å². The van der Waals surface area contributed by atoms with Crippen molar-refractivity contribution in [2.24, 2.45) is 0 Å². The molecule has 1 N–H and O–H groups in total. The molecular weight excluding hydrogens is 376 g/mol. The van der Waals surface area contributed by atoms with E-state index in [9.17, 15) is 4.79 Å². The molecule has 1 amide bonds. The summed E-state index contributed by atoms with van der Waals surface area (Å²) in [5, 5.41) is 3.46. The maximum Gasteiger partial charge on any atom is 0.261 e. The van der Waals surface area contributed by atoms with E-state index in [-0.39, 0.29) is 5.91 Å². The van der Waals surface area contributed by atoms with Crippen molar-refractivity contribution in [3.8, 4) is 11.5 Å². The Bertz CT molecular complexity index is 1090. The summed E-state index contributed by atoms with van der Waals surface area (Å²) in [5.41, 5.74) is 1.34. The minimum absolute atomic E-state index is 0.245. The standard InChI is InChI=1S/C21H16N2O2S2/c1-26-15-11-12-17-19(13-15)27-21(22-17)23-20(24)16-9-5-6-10-18(16)25-14-7-3-2-4-8-14/h2-13H,1H3,(H,22,23,24). The molecule has 1 aromatic heterocycles. The molecule has 1 heterocycles. The number of para-hydroxylation sites is 2. The number of aromatic nitrogens is 1. The first-order chi connectivity index (χ1) is 13.2. The Kier molecular flexibility index (Phi) is 5.09. The first kappa shape index (κ1) is 17.6. The van der Waals surface area contributed by atoms with E-state index in [0.29, 0.717) is 22.2 Å². The molecule has 0 radical (unpaired) electrons. The highest BCUT2D eigenvalue weighted by atomic mass is 32.2. The molecule has 0 unspecified atom stereocenters. The Morgan fingerprint density at radius 2 is 1.81 bits per heavy atom. The second kappa shape index (κ2) is 7.82. The Balaban J connectivity index is 1.58. The van der Waals surface area contributed by atoms with Crippen LogP contribution >= 0.6 is 23.1 Å². The van der Waals surface area contributed by atoms with E-state index in [1.807, 2.05) is 60.9 Å². The number of nitrogens with zero attached hydrogens (tertiary/aromatic N) is 1. The first-order valence-electron chi connectivity index (χ1n) is 8.31. The van der Waals surface area contributed by atoms with Gasteiger partial charge in [-0.2, -0.15) is 0 Å².